The maximum Gasteiger partial charge on any atom is 0.335 e. The van der Waals surface area contributed by atoms with Gasteiger partial charge < -0.3 is 10.4 Å². The van der Waals surface area contributed by atoms with Crippen molar-refractivity contribution in [2.75, 3.05) is 0 Å². The summed E-state index contributed by atoms with van der Waals surface area (Å²) in [6.07, 6.45) is 0.766. The fourth-order valence-corrected chi connectivity index (χ4v) is 2.00. The minimum Gasteiger partial charge on any atom is -0.478 e. The summed E-state index contributed by atoms with van der Waals surface area (Å²) in [7, 11) is 1.72. The highest BCUT2D eigenvalue weighted by molar-refractivity contribution is 5.92. The summed E-state index contributed by atoms with van der Waals surface area (Å²) in [6, 6.07) is 8.24. The minimum absolute atomic E-state index is 0.204. The summed E-state index contributed by atoms with van der Waals surface area (Å²) in [6.45, 7) is 2.24. The highest BCUT2D eigenvalue weighted by Gasteiger charge is 2.12. The Morgan fingerprint density at radius 1 is 1.33 bits per heavy atom. The Morgan fingerprint density at radius 2 is 2.10 bits per heavy atom. The number of nitrogens with zero attached hydrogens (tertiary/aromatic N) is 2. The van der Waals surface area contributed by atoms with Crippen LogP contribution in [0.25, 0.3) is 0 Å². The standard InChI is InChI=1S/C15H17N3O3/c1-3-12-8-13(18(2)17-12)14(19)16-9-10-5-4-6-11(7-10)15(20)21/h4-8H,3,9H2,1-2H3,(H,16,19)(H,20,21). The van der Waals surface area contributed by atoms with E-state index in [1.165, 1.54) is 6.07 Å². The molecule has 0 aliphatic rings. The number of nitrogens with one attached hydrogen (secondary N) is 1. The number of carboxylic acid groups (broad SMARTS) is 1. The minimum atomic E-state index is -0.984. The van der Waals surface area contributed by atoms with Crippen LogP contribution >= 0.6 is 0 Å². The first-order valence-electron chi connectivity index (χ1n) is 6.64. The molecule has 0 saturated heterocycles. The SMILES string of the molecule is CCc1cc(C(=O)NCc2cccc(C(=O)O)c2)n(C)n1. The van der Waals surface area contributed by atoms with Crippen molar-refractivity contribution >= 4 is 11.9 Å². The number of carboxylic acids is 1. The van der Waals surface area contributed by atoms with Gasteiger partial charge in [-0.2, -0.15) is 5.10 Å². The van der Waals surface area contributed by atoms with Gasteiger partial charge in [-0.1, -0.05) is 19.1 Å². The topological polar surface area (TPSA) is 84.2 Å². The second kappa shape index (κ2) is 6.21. The number of hydrogen-bond acceptors (Lipinski definition) is 3. The molecule has 2 rings (SSSR count). The average molecular weight is 287 g/mol. The van der Waals surface area contributed by atoms with E-state index in [9.17, 15) is 9.59 Å². The van der Waals surface area contributed by atoms with E-state index in [0.717, 1.165) is 17.7 Å². The van der Waals surface area contributed by atoms with E-state index in [4.69, 9.17) is 5.11 Å². The van der Waals surface area contributed by atoms with Gasteiger partial charge in [0.25, 0.3) is 5.91 Å². The molecule has 0 fully saturated rings. The lowest BCUT2D eigenvalue weighted by Gasteiger charge is -2.06. The van der Waals surface area contributed by atoms with Gasteiger partial charge >= 0.3 is 5.97 Å². The van der Waals surface area contributed by atoms with Crippen molar-refractivity contribution in [3.05, 3.63) is 52.8 Å². The van der Waals surface area contributed by atoms with Crippen LogP contribution in [0.4, 0.5) is 0 Å². The normalized spacial score (nSPS) is 10.4. The van der Waals surface area contributed by atoms with Crippen LogP contribution in [-0.4, -0.2) is 26.8 Å². The van der Waals surface area contributed by atoms with Crippen molar-refractivity contribution < 1.29 is 14.7 Å². The zero-order valence-corrected chi connectivity index (χ0v) is 12.0. The van der Waals surface area contributed by atoms with E-state index in [2.05, 4.69) is 10.4 Å². The molecule has 6 nitrogen and oxygen atoms in total. The number of amides is 1. The monoisotopic (exact) mass is 287 g/mol. The quantitative estimate of drug-likeness (QED) is 0.875. The van der Waals surface area contributed by atoms with Gasteiger partial charge in [-0.15, -0.1) is 0 Å². The van der Waals surface area contributed by atoms with Gasteiger partial charge in [0.15, 0.2) is 0 Å². The highest BCUT2D eigenvalue weighted by Crippen LogP contribution is 2.07. The van der Waals surface area contributed by atoms with Crippen molar-refractivity contribution in [2.24, 2.45) is 7.05 Å². The number of hydrogen-bond donors (Lipinski definition) is 2. The van der Waals surface area contributed by atoms with Crippen LogP contribution in [0, 0.1) is 0 Å². The van der Waals surface area contributed by atoms with E-state index in [-0.39, 0.29) is 18.0 Å². The molecule has 21 heavy (non-hydrogen) atoms. The Hall–Kier alpha value is -2.63. The van der Waals surface area contributed by atoms with E-state index in [1.807, 2.05) is 6.92 Å². The summed E-state index contributed by atoms with van der Waals surface area (Å²) in [4.78, 5) is 23.0. The van der Waals surface area contributed by atoms with E-state index in [0.29, 0.717) is 5.69 Å². The van der Waals surface area contributed by atoms with Gasteiger partial charge in [-0.25, -0.2) is 4.79 Å². The third kappa shape index (κ3) is 3.47. The van der Waals surface area contributed by atoms with Crippen molar-refractivity contribution in [1.29, 1.82) is 0 Å². The smallest absolute Gasteiger partial charge is 0.335 e. The second-order valence-corrected chi connectivity index (χ2v) is 4.69. The van der Waals surface area contributed by atoms with Crippen LogP contribution in [0.3, 0.4) is 0 Å². The molecule has 1 aromatic carbocycles. The first-order valence-corrected chi connectivity index (χ1v) is 6.64. The number of aryl methyl sites for hydroxylation is 2. The fourth-order valence-electron chi connectivity index (χ4n) is 2.00. The van der Waals surface area contributed by atoms with Crippen LogP contribution in [0.2, 0.25) is 0 Å². The molecule has 1 aromatic heterocycles. The van der Waals surface area contributed by atoms with Gasteiger partial charge in [0.2, 0.25) is 0 Å². The van der Waals surface area contributed by atoms with Crippen LogP contribution in [0.1, 0.15) is 39.0 Å². The van der Waals surface area contributed by atoms with E-state index in [1.54, 1.807) is 36.0 Å². The number of aromatic nitrogens is 2. The number of rotatable bonds is 5. The maximum absolute atomic E-state index is 12.1. The predicted octanol–water partition coefficient (Wildman–Crippen LogP) is 1.61. The maximum atomic E-state index is 12.1. The summed E-state index contributed by atoms with van der Waals surface area (Å²) >= 11 is 0. The van der Waals surface area contributed by atoms with Crippen LogP contribution in [0.5, 0.6) is 0 Å². The van der Waals surface area contributed by atoms with Crippen molar-refractivity contribution in [1.82, 2.24) is 15.1 Å². The van der Waals surface area contributed by atoms with E-state index >= 15 is 0 Å². The first-order chi connectivity index (χ1) is 10.0. The molecule has 2 N–H and O–H groups in total. The molecule has 0 saturated carbocycles. The molecule has 0 aliphatic heterocycles. The molecule has 0 atom stereocenters. The Balaban J connectivity index is 2.05. The molecular weight excluding hydrogens is 270 g/mol. The second-order valence-electron chi connectivity index (χ2n) is 4.69. The Kier molecular flexibility index (Phi) is 4.37. The highest BCUT2D eigenvalue weighted by atomic mass is 16.4. The van der Waals surface area contributed by atoms with Crippen molar-refractivity contribution in [3.63, 3.8) is 0 Å². The van der Waals surface area contributed by atoms with Gasteiger partial charge in [-0.05, 0) is 30.2 Å². The van der Waals surface area contributed by atoms with Gasteiger partial charge in [0, 0.05) is 13.6 Å². The van der Waals surface area contributed by atoms with Crippen LogP contribution in [-0.2, 0) is 20.0 Å². The lowest BCUT2D eigenvalue weighted by Crippen LogP contribution is -2.25. The van der Waals surface area contributed by atoms with Gasteiger partial charge in [0.05, 0.1) is 11.3 Å². The average Bonchev–Trinajstić information content (AvgIpc) is 2.86. The van der Waals surface area contributed by atoms with E-state index < -0.39 is 5.97 Å². The Morgan fingerprint density at radius 3 is 2.71 bits per heavy atom. The van der Waals surface area contributed by atoms with Gasteiger partial charge in [0.1, 0.15) is 5.69 Å². The third-order valence-electron chi connectivity index (χ3n) is 3.15. The number of carbonyl (C=O) groups excluding carboxylic acids is 1. The third-order valence-corrected chi connectivity index (χ3v) is 3.15. The summed E-state index contributed by atoms with van der Waals surface area (Å²) < 4.78 is 1.54. The van der Waals surface area contributed by atoms with Crippen molar-refractivity contribution in [3.8, 4) is 0 Å². The number of aromatic carboxylic acids is 1. The predicted molar refractivity (Wildman–Crippen MR) is 77.2 cm³/mol. The van der Waals surface area contributed by atoms with Crippen LogP contribution in [0.15, 0.2) is 30.3 Å². The number of benzene rings is 1. The van der Waals surface area contributed by atoms with Gasteiger partial charge in [-0.3, -0.25) is 9.48 Å². The fraction of sp³-hybridized carbons (Fsp3) is 0.267. The zero-order valence-electron chi connectivity index (χ0n) is 12.0. The molecular formula is C15H17N3O3. The molecule has 0 unspecified atom stereocenters. The lowest BCUT2D eigenvalue weighted by atomic mass is 10.1. The zero-order chi connectivity index (χ0) is 15.4. The molecule has 6 heteroatoms. The summed E-state index contributed by atoms with van der Waals surface area (Å²) in [5.74, 6) is -1.21. The molecule has 0 radical (unpaired) electrons. The summed E-state index contributed by atoms with van der Waals surface area (Å²) in [5.41, 5.74) is 2.29. The Labute approximate surface area is 122 Å². The molecule has 0 aliphatic carbocycles. The lowest BCUT2D eigenvalue weighted by molar-refractivity contribution is 0.0696. The molecule has 110 valence electrons. The molecule has 1 heterocycles. The Bertz CT molecular complexity index is 677. The summed E-state index contributed by atoms with van der Waals surface area (Å²) in [5, 5.41) is 15.9. The molecule has 1 amide bonds. The largest absolute Gasteiger partial charge is 0.478 e. The molecule has 0 bridgehead atoms. The van der Waals surface area contributed by atoms with Crippen LogP contribution < -0.4 is 5.32 Å². The molecule has 2 aromatic rings. The van der Waals surface area contributed by atoms with Crippen molar-refractivity contribution in [2.45, 2.75) is 19.9 Å². The number of carbonyl (C=O) groups is 2. The first kappa shape index (κ1) is 14.8. The molecule has 0 spiro atoms.